The van der Waals surface area contributed by atoms with Gasteiger partial charge in [0.1, 0.15) is 22.4 Å². The van der Waals surface area contributed by atoms with Gasteiger partial charge in [-0.2, -0.15) is 9.67 Å². The highest BCUT2D eigenvalue weighted by Crippen LogP contribution is 2.32. The van der Waals surface area contributed by atoms with Crippen LogP contribution in [0.1, 0.15) is 0 Å². The van der Waals surface area contributed by atoms with E-state index in [0.717, 1.165) is 26.2 Å². The summed E-state index contributed by atoms with van der Waals surface area (Å²) in [5, 5.41) is 15.1. The van der Waals surface area contributed by atoms with Crippen molar-refractivity contribution in [1.29, 1.82) is 5.41 Å². The summed E-state index contributed by atoms with van der Waals surface area (Å²) in [4.78, 5) is 9.94. The molecule has 3 N–H and O–H groups in total. The number of nitrogens with zero attached hydrogens (tertiary/aromatic N) is 5. The number of ether oxygens (including phenoxy) is 1. The number of rotatable bonds is 2. The van der Waals surface area contributed by atoms with Crippen molar-refractivity contribution in [2.75, 3.05) is 12.8 Å². The second kappa shape index (κ2) is 6.14. The third-order valence-corrected chi connectivity index (χ3v) is 7.12. The number of thiazole rings is 2. The van der Waals surface area contributed by atoms with Gasteiger partial charge in [0.25, 0.3) is 0 Å². The van der Waals surface area contributed by atoms with Crippen LogP contribution in [0.5, 0.6) is 5.75 Å². The molecule has 0 saturated carbocycles. The Morgan fingerprint density at radius 3 is 2.80 bits per heavy atom. The molecule has 0 bridgehead atoms. The Morgan fingerprint density at radius 1 is 1.10 bits per heavy atom. The Balaban J connectivity index is 1.64. The monoisotopic (exact) mass is 453 g/mol. The summed E-state index contributed by atoms with van der Waals surface area (Å²) in [6, 6.07) is 11.2. The molecule has 0 spiro atoms. The van der Waals surface area contributed by atoms with Gasteiger partial charge in [0, 0.05) is 5.02 Å². The Bertz CT molecular complexity index is 1690. The van der Waals surface area contributed by atoms with Gasteiger partial charge < -0.3 is 10.5 Å². The lowest BCUT2D eigenvalue weighted by atomic mass is 10.3. The van der Waals surface area contributed by atoms with Crippen molar-refractivity contribution >= 4 is 76.5 Å². The van der Waals surface area contributed by atoms with Gasteiger partial charge in [-0.3, -0.25) is 9.81 Å². The Hall–Kier alpha value is -3.21. The highest BCUT2D eigenvalue weighted by atomic mass is 35.5. The van der Waals surface area contributed by atoms with E-state index in [4.69, 9.17) is 27.5 Å². The number of anilines is 1. The topological polar surface area (TPSA) is 107 Å². The summed E-state index contributed by atoms with van der Waals surface area (Å²) in [6.45, 7) is 0. The van der Waals surface area contributed by atoms with Gasteiger partial charge >= 0.3 is 0 Å². The van der Waals surface area contributed by atoms with Crippen LogP contribution in [0.3, 0.4) is 0 Å². The molecule has 2 aromatic carbocycles. The largest absolute Gasteiger partial charge is 0.497 e. The van der Waals surface area contributed by atoms with Crippen LogP contribution in [-0.2, 0) is 0 Å². The summed E-state index contributed by atoms with van der Waals surface area (Å²) < 4.78 is 10.5. The number of fused-ring (bicyclic) bond motifs is 5. The second-order valence-corrected chi connectivity index (χ2v) is 9.07. The third-order valence-electron chi connectivity index (χ3n) is 4.89. The van der Waals surface area contributed by atoms with Crippen LogP contribution in [-0.4, -0.2) is 31.3 Å². The van der Waals surface area contributed by atoms with E-state index in [9.17, 15) is 0 Å². The molecular formula is C19H12ClN7OS2. The van der Waals surface area contributed by atoms with Crippen LogP contribution in [0.2, 0.25) is 5.02 Å². The molecule has 0 aliphatic heterocycles. The molecule has 0 aliphatic rings. The fourth-order valence-electron chi connectivity index (χ4n) is 3.47. The third kappa shape index (κ3) is 2.38. The molecule has 0 radical (unpaired) electrons. The zero-order valence-corrected chi connectivity index (χ0v) is 17.8. The maximum atomic E-state index is 8.81. The molecule has 6 rings (SSSR count). The number of nitrogens with one attached hydrogen (secondary N) is 1. The van der Waals surface area contributed by atoms with Crippen molar-refractivity contribution in [2.45, 2.75) is 0 Å². The predicted octanol–water partition coefficient (Wildman–Crippen LogP) is 4.22. The standard InChI is InChI=1S/C19H12ClN7OS2/c1-28-9-3-5-11-13(7-9)30-18-24-17-14(15(21)26(11)18)16(22)27(25-17)19-23-10-4-2-8(20)6-12(10)29-19/h2-7,21H,22H2,1H3. The van der Waals surface area contributed by atoms with E-state index in [1.54, 1.807) is 22.3 Å². The van der Waals surface area contributed by atoms with Gasteiger partial charge in [-0.25, -0.2) is 4.98 Å². The van der Waals surface area contributed by atoms with E-state index < -0.39 is 0 Å². The highest BCUT2D eigenvalue weighted by molar-refractivity contribution is 7.23. The molecule has 4 heterocycles. The molecule has 11 heteroatoms. The maximum Gasteiger partial charge on any atom is 0.213 e. The number of hydrogen-bond acceptors (Lipinski definition) is 8. The van der Waals surface area contributed by atoms with Crippen molar-refractivity contribution in [3.63, 3.8) is 0 Å². The van der Waals surface area contributed by atoms with Crippen LogP contribution in [0.25, 0.3) is 41.6 Å². The van der Waals surface area contributed by atoms with Crippen LogP contribution >= 0.6 is 34.3 Å². The smallest absolute Gasteiger partial charge is 0.213 e. The minimum atomic E-state index is 0.235. The van der Waals surface area contributed by atoms with Gasteiger partial charge in [-0.05, 0) is 36.4 Å². The van der Waals surface area contributed by atoms with Crippen LogP contribution < -0.4 is 16.0 Å². The molecule has 0 unspecified atom stereocenters. The predicted molar refractivity (Wildman–Crippen MR) is 120 cm³/mol. The van der Waals surface area contributed by atoms with Crippen molar-refractivity contribution < 1.29 is 4.74 Å². The average Bonchev–Trinajstić information content (AvgIpc) is 3.40. The first-order valence-electron chi connectivity index (χ1n) is 8.82. The minimum Gasteiger partial charge on any atom is -0.497 e. The van der Waals surface area contributed by atoms with E-state index in [1.165, 1.54) is 22.7 Å². The highest BCUT2D eigenvalue weighted by Gasteiger charge is 2.19. The van der Waals surface area contributed by atoms with Gasteiger partial charge in [0.2, 0.25) is 5.13 Å². The fourth-order valence-corrected chi connectivity index (χ4v) is 5.73. The Morgan fingerprint density at radius 2 is 1.97 bits per heavy atom. The molecule has 30 heavy (non-hydrogen) atoms. The molecule has 0 amide bonds. The summed E-state index contributed by atoms with van der Waals surface area (Å²) in [7, 11) is 1.63. The number of nitrogen functional groups attached to an aromatic ring is 1. The van der Waals surface area contributed by atoms with E-state index in [-0.39, 0.29) is 5.49 Å². The van der Waals surface area contributed by atoms with Crippen molar-refractivity contribution in [3.05, 3.63) is 46.9 Å². The van der Waals surface area contributed by atoms with Crippen LogP contribution in [0.15, 0.2) is 36.4 Å². The molecular weight excluding hydrogens is 442 g/mol. The molecule has 0 atom stereocenters. The summed E-state index contributed by atoms with van der Waals surface area (Å²) >= 11 is 8.99. The van der Waals surface area contributed by atoms with Crippen molar-refractivity contribution in [1.82, 2.24) is 24.1 Å². The number of benzene rings is 2. The van der Waals surface area contributed by atoms with Crippen LogP contribution in [0.4, 0.5) is 5.82 Å². The summed E-state index contributed by atoms with van der Waals surface area (Å²) in [5.74, 6) is 1.08. The van der Waals surface area contributed by atoms with E-state index in [1.807, 2.05) is 30.3 Å². The van der Waals surface area contributed by atoms with Crippen molar-refractivity contribution in [3.8, 4) is 10.9 Å². The molecule has 0 aliphatic carbocycles. The fraction of sp³-hybridized carbons (Fsp3) is 0.0526. The Labute approximate surface area is 181 Å². The molecule has 6 aromatic rings. The van der Waals surface area contributed by atoms with E-state index in [0.29, 0.717) is 32.0 Å². The lowest BCUT2D eigenvalue weighted by molar-refractivity contribution is 0.415. The minimum absolute atomic E-state index is 0.235. The van der Waals surface area contributed by atoms with E-state index >= 15 is 0 Å². The number of hydrogen-bond donors (Lipinski definition) is 2. The lowest BCUT2D eigenvalue weighted by Gasteiger charge is -2.00. The zero-order chi connectivity index (χ0) is 20.6. The molecule has 0 fully saturated rings. The number of halogens is 1. The lowest BCUT2D eigenvalue weighted by Crippen LogP contribution is -2.14. The summed E-state index contributed by atoms with van der Waals surface area (Å²) in [6.07, 6.45) is 0. The van der Waals surface area contributed by atoms with Gasteiger partial charge in [-0.1, -0.05) is 34.3 Å². The first-order chi connectivity index (χ1) is 14.5. The van der Waals surface area contributed by atoms with Crippen LogP contribution in [0, 0.1) is 5.41 Å². The van der Waals surface area contributed by atoms with Gasteiger partial charge in [-0.15, -0.1) is 5.10 Å². The molecule has 148 valence electrons. The molecule has 4 aromatic heterocycles. The number of nitrogens with two attached hydrogens (primary N) is 1. The maximum absolute atomic E-state index is 8.81. The van der Waals surface area contributed by atoms with E-state index in [2.05, 4.69) is 15.1 Å². The SMILES string of the molecule is COc1ccc2c(c1)sc1nc3nn(-c4nc5ccc(Cl)cc5s4)c(N)c3c(=N)n12. The zero-order valence-electron chi connectivity index (χ0n) is 15.4. The molecule has 0 saturated heterocycles. The summed E-state index contributed by atoms with van der Waals surface area (Å²) in [5.41, 5.74) is 8.76. The second-order valence-electron chi connectivity index (χ2n) is 6.62. The van der Waals surface area contributed by atoms with Crippen molar-refractivity contribution in [2.24, 2.45) is 0 Å². The quantitative estimate of drug-likeness (QED) is 0.408. The Kier molecular flexibility index (Phi) is 3.61. The first-order valence-corrected chi connectivity index (χ1v) is 10.8. The normalized spacial score (nSPS) is 11.9. The average molecular weight is 454 g/mol. The van der Waals surface area contributed by atoms with Gasteiger partial charge in [0.15, 0.2) is 10.6 Å². The number of methoxy groups -OCH3 is 1. The first kappa shape index (κ1) is 17.6. The van der Waals surface area contributed by atoms with Gasteiger partial charge in [0.05, 0.1) is 27.5 Å². The molecule has 8 nitrogen and oxygen atoms in total. The number of aromatic nitrogens is 5.